The molecule has 0 spiro atoms. The number of hydrogen-bond acceptors (Lipinski definition) is 6. The molecule has 0 radical (unpaired) electrons. The lowest BCUT2D eigenvalue weighted by atomic mass is 9.78. The average molecular weight is 391 g/mol. The summed E-state index contributed by atoms with van der Waals surface area (Å²) in [7, 11) is 4.45. The normalized spacial score (nSPS) is 21.5. The number of ether oxygens (including phenoxy) is 4. The molecule has 1 aliphatic heterocycles. The van der Waals surface area contributed by atoms with Crippen LogP contribution >= 0.6 is 0 Å². The minimum atomic E-state index is -0.622. The molecule has 28 heavy (non-hydrogen) atoms. The number of methoxy groups -OCH3 is 3. The van der Waals surface area contributed by atoms with Crippen molar-refractivity contribution >= 4 is 11.9 Å². The van der Waals surface area contributed by atoms with Gasteiger partial charge < -0.3 is 23.8 Å². The van der Waals surface area contributed by atoms with Crippen molar-refractivity contribution in [3.63, 3.8) is 0 Å². The van der Waals surface area contributed by atoms with E-state index in [0.717, 1.165) is 25.8 Å². The molecule has 7 nitrogen and oxygen atoms in total. The Morgan fingerprint density at radius 1 is 0.929 bits per heavy atom. The fraction of sp³-hybridized carbons (Fsp3) is 0.619. The zero-order valence-corrected chi connectivity index (χ0v) is 16.9. The maximum absolute atomic E-state index is 12.7. The second kappa shape index (κ2) is 9.17. The molecule has 1 saturated carbocycles. The molecule has 0 aromatic heterocycles. The van der Waals surface area contributed by atoms with Gasteiger partial charge in [-0.1, -0.05) is 12.8 Å². The highest BCUT2D eigenvalue weighted by Gasteiger charge is 2.36. The molecule has 1 amide bonds. The van der Waals surface area contributed by atoms with Crippen LogP contribution in [0.5, 0.6) is 17.2 Å². The molecule has 0 N–H and O–H groups in total. The molecule has 1 saturated heterocycles. The molecule has 7 heteroatoms. The van der Waals surface area contributed by atoms with Crippen molar-refractivity contribution in [3.8, 4) is 17.2 Å². The molecule has 1 aromatic carbocycles. The zero-order chi connectivity index (χ0) is 20.1. The summed E-state index contributed by atoms with van der Waals surface area (Å²) < 4.78 is 21.1. The number of carbonyl (C=O) groups excluding carboxylic acids is 2. The minimum Gasteiger partial charge on any atom is -0.496 e. The molecule has 3 rings (SSSR count). The van der Waals surface area contributed by atoms with Gasteiger partial charge in [0.2, 0.25) is 0 Å². The minimum absolute atomic E-state index is 0.121. The van der Waals surface area contributed by atoms with Gasteiger partial charge in [0.1, 0.15) is 11.3 Å². The van der Waals surface area contributed by atoms with E-state index in [0.29, 0.717) is 29.2 Å². The fourth-order valence-electron chi connectivity index (χ4n) is 4.41. The van der Waals surface area contributed by atoms with E-state index in [4.69, 9.17) is 18.9 Å². The molecule has 0 unspecified atom stereocenters. The molecule has 0 bridgehead atoms. The molecule has 2 fully saturated rings. The third-order valence-electron chi connectivity index (χ3n) is 5.82. The SMILES string of the molecule is COc1cc(OC)c(C(=O)OCC(=O)N2CCC[C@H]3CCCC[C@@H]32)cc1OC. The standard InChI is InChI=1S/C21H29NO6/c1-25-17-12-19(27-3)18(26-2)11-15(17)21(24)28-13-20(23)22-10-6-8-14-7-4-5-9-16(14)22/h11-12,14,16H,4-10,13H2,1-3H3/t14-,16+/m1/s1. The van der Waals surface area contributed by atoms with Gasteiger partial charge in [-0.05, 0) is 31.6 Å². The first-order valence-corrected chi connectivity index (χ1v) is 9.85. The Hall–Kier alpha value is -2.44. The van der Waals surface area contributed by atoms with Gasteiger partial charge in [0.05, 0.1) is 21.3 Å². The van der Waals surface area contributed by atoms with Gasteiger partial charge in [-0.15, -0.1) is 0 Å². The number of likely N-dealkylation sites (tertiary alicyclic amines) is 1. The number of piperidine rings is 1. The maximum atomic E-state index is 12.7. The first kappa shape index (κ1) is 20.3. The predicted octanol–water partition coefficient (Wildman–Crippen LogP) is 3.05. The largest absolute Gasteiger partial charge is 0.496 e. The summed E-state index contributed by atoms with van der Waals surface area (Å²) in [6, 6.07) is 3.36. The molecule has 2 atom stereocenters. The number of esters is 1. The Balaban J connectivity index is 1.67. The van der Waals surface area contributed by atoms with Crippen LogP contribution in [0.15, 0.2) is 12.1 Å². The molecular weight excluding hydrogens is 362 g/mol. The van der Waals surface area contributed by atoms with Crippen molar-refractivity contribution in [3.05, 3.63) is 17.7 Å². The Kier molecular flexibility index (Phi) is 6.65. The van der Waals surface area contributed by atoms with Crippen molar-refractivity contribution in [2.45, 2.75) is 44.6 Å². The first-order valence-electron chi connectivity index (χ1n) is 9.85. The predicted molar refractivity (Wildman–Crippen MR) is 103 cm³/mol. The molecule has 2 aliphatic rings. The van der Waals surface area contributed by atoms with Gasteiger partial charge in [-0.3, -0.25) is 4.79 Å². The van der Waals surface area contributed by atoms with E-state index < -0.39 is 5.97 Å². The van der Waals surface area contributed by atoms with Gasteiger partial charge in [0, 0.05) is 24.7 Å². The Morgan fingerprint density at radius 3 is 2.29 bits per heavy atom. The smallest absolute Gasteiger partial charge is 0.342 e. The molecule has 1 aromatic rings. The van der Waals surface area contributed by atoms with Crippen molar-refractivity contribution < 1.29 is 28.5 Å². The van der Waals surface area contributed by atoms with E-state index in [-0.39, 0.29) is 18.1 Å². The van der Waals surface area contributed by atoms with E-state index in [1.807, 2.05) is 4.90 Å². The average Bonchev–Trinajstić information content (AvgIpc) is 2.75. The second-order valence-corrected chi connectivity index (χ2v) is 7.32. The number of benzene rings is 1. The summed E-state index contributed by atoms with van der Waals surface area (Å²) in [6.45, 7) is 0.483. The third kappa shape index (κ3) is 4.18. The lowest BCUT2D eigenvalue weighted by molar-refractivity contribution is -0.140. The first-order chi connectivity index (χ1) is 13.6. The van der Waals surface area contributed by atoms with E-state index in [1.54, 1.807) is 6.07 Å². The zero-order valence-electron chi connectivity index (χ0n) is 16.9. The van der Waals surface area contributed by atoms with Crippen molar-refractivity contribution in [2.75, 3.05) is 34.5 Å². The van der Waals surface area contributed by atoms with Crippen molar-refractivity contribution in [1.29, 1.82) is 0 Å². The number of rotatable bonds is 6. The summed E-state index contributed by atoms with van der Waals surface area (Å²) in [6.07, 6.45) is 6.86. The number of nitrogens with zero attached hydrogens (tertiary/aromatic N) is 1. The number of hydrogen-bond donors (Lipinski definition) is 0. The molecule has 1 aliphatic carbocycles. The van der Waals surface area contributed by atoms with Crippen LogP contribution in [0.4, 0.5) is 0 Å². The third-order valence-corrected chi connectivity index (χ3v) is 5.82. The topological polar surface area (TPSA) is 74.3 Å². The Morgan fingerprint density at radius 2 is 1.57 bits per heavy atom. The second-order valence-electron chi connectivity index (χ2n) is 7.32. The van der Waals surface area contributed by atoms with Crippen LogP contribution < -0.4 is 14.2 Å². The van der Waals surface area contributed by atoms with Gasteiger partial charge >= 0.3 is 5.97 Å². The Bertz CT molecular complexity index is 717. The van der Waals surface area contributed by atoms with Gasteiger partial charge in [-0.2, -0.15) is 0 Å². The summed E-state index contributed by atoms with van der Waals surface area (Å²) in [5, 5.41) is 0. The van der Waals surface area contributed by atoms with Gasteiger partial charge in [0.15, 0.2) is 18.1 Å². The van der Waals surface area contributed by atoms with Crippen LogP contribution in [-0.2, 0) is 9.53 Å². The summed E-state index contributed by atoms with van der Waals surface area (Å²) >= 11 is 0. The Labute approximate surface area is 165 Å². The van der Waals surface area contributed by atoms with Crippen molar-refractivity contribution in [2.24, 2.45) is 5.92 Å². The summed E-state index contributed by atoms with van der Waals surface area (Å²) in [5.41, 5.74) is 0.196. The maximum Gasteiger partial charge on any atom is 0.342 e. The number of fused-ring (bicyclic) bond motifs is 1. The van der Waals surface area contributed by atoms with Crippen LogP contribution in [0.1, 0.15) is 48.9 Å². The van der Waals surface area contributed by atoms with Gasteiger partial charge in [-0.25, -0.2) is 4.79 Å². The molecule has 154 valence electrons. The number of amides is 1. The quantitative estimate of drug-likeness (QED) is 0.694. The van der Waals surface area contributed by atoms with Gasteiger partial charge in [0.25, 0.3) is 5.91 Å². The van der Waals surface area contributed by atoms with Crippen LogP contribution in [0.2, 0.25) is 0 Å². The van der Waals surface area contributed by atoms with Crippen molar-refractivity contribution in [1.82, 2.24) is 4.90 Å². The van der Waals surface area contributed by atoms with Crippen LogP contribution in [0.25, 0.3) is 0 Å². The fourth-order valence-corrected chi connectivity index (χ4v) is 4.41. The van der Waals surface area contributed by atoms with Crippen LogP contribution in [0.3, 0.4) is 0 Å². The summed E-state index contributed by atoms with van der Waals surface area (Å²) in [4.78, 5) is 27.3. The lowest BCUT2D eigenvalue weighted by Gasteiger charge is -2.44. The number of carbonyl (C=O) groups is 2. The highest BCUT2D eigenvalue weighted by atomic mass is 16.5. The van der Waals surface area contributed by atoms with E-state index in [1.165, 1.54) is 46.7 Å². The van der Waals surface area contributed by atoms with E-state index in [2.05, 4.69) is 0 Å². The van der Waals surface area contributed by atoms with E-state index >= 15 is 0 Å². The molecule has 1 heterocycles. The highest BCUT2D eigenvalue weighted by Crippen LogP contribution is 2.36. The van der Waals surface area contributed by atoms with Crippen LogP contribution in [-0.4, -0.2) is 57.3 Å². The highest BCUT2D eigenvalue weighted by molar-refractivity contribution is 5.95. The summed E-state index contributed by atoms with van der Waals surface area (Å²) in [5.74, 6) is 0.993. The monoisotopic (exact) mass is 391 g/mol. The molecular formula is C21H29NO6. The lowest BCUT2D eigenvalue weighted by Crippen LogP contribution is -2.50. The van der Waals surface area contributed by atoms with Crippen LogP contribution in [0, 0.1) is 5.92 Å². The van der Waals surface area contributed by atoms with E-state index in [9.17, 15) is 9.59 Å².